The van der Waals surface area contributed by atoms with Gasteiger partial charge in [-0.25, -0.2) is 8.78 Å². The summed E-state index contributed by atoms with van der Waals surface area (Å²) in [7, 11) is 0. The number of carbonyl (C=O) groups excluding carboxylic acids is 2. The molecular formula is C17H12ClF2N3O2. The molecule has 2 amide bonds. The van der Waals surface area contributed by atoms with E-state index in [1.165, 1.54) is 6.07 Å². The number of nitrogens with one attached hydrogen (secondary N) is 3. The van der Waals surface area contributed by atoms with Gasteiger partial charge in [0, 0.05) is 27.7 Å². The molecule has 8 heteroatoms. The van der Waals surface area contributed by atoms with Gasteiger partial charge in [0.25, 0.3) is 5.91 Å². The van der Waals surface area contributed by atoms with Gasteiger partial charge >= 0.3 is 0 Å². The fraction of sp³-hybridized carbons (Fsp3) is 0.0588. The minimum Gasteiger partial charge on any atom is -0.351 e. The number of halogens is 3. The van der Waals surface area contributed by atoms with Crippen LogP contribution in [0.1, 0.15) is 10.5 Å². The van der Waals surface area contributed by atoms with E-state index in [4.69, 9.17) is 11.6 Å². The molecular weight excluding hydrogens is 352 g/mol. The van der Waals surface area contributed by atoms with E-state index in [1.54, 1.807) is 24.3 Å². The predicted molar refractivity (Wildman–Crippen MR) is 90.6 cm³/mol. The summed E-state index contributed by atoms with van der Waals surface area (Å²) >= 11 is 5.89. The predicted octanol–water partition coefficient (Wildman–Crippen LogP) is 3.47. The van der Waals surface area contributed by atoms with Crippen LogP contribution in [0.5, 0.6) is 0 Å². The first kappa shape index (κ1) is 16.9. The van der Waals surface area contributed by atoms with Crippen molar-refractivity contribution < 1.29 is 18.4 Å². The lowest BCUT2D eigenvalue weighted by atomic mass is 10.2. The smallest absolute Gasteiger partial charge is 0.268 e. The van der Waals surface area contributed by atoms with Gasteiger partial charge < -0.3 is 15.6 Å². The maximum absolute atomic E-state index is 13.1. The van der Waals surface area contributed by atoms with Crippen LogP contribution in [-0.2, 0) is 4.79 Å². The molecule has 5 nitrogen and oxygen atoms in total. The number of aromatic amines is 1. The first-order valence-corrected chi connectivity index (χ1v) is 7.61. The molecule has 0 saturated carbocycles. The monoisotopic (exact) mass is 363 g/mol. The maximum atomic E-state index is 13.1. The Bertz CT molecular complexity index is 972. The normalized spacial score (nSPS) is 10.7. The van der Waals surface area contributed by atoms with Crippen molar-refractivity contribution in [2.45, 2.75) is 0 Å². The number of carbonyl (C=O) groups is 2. The average Bonchev–Trinajstić information content (AvgIpc) is 2.99. The maximum Gasteiger partial charge on any atom is 0.268 e. The third-order valence-corrected chi connectivity index (χ3v) is 3.68. The highest BCUT2D eigenvalue weighted by molar-refractivity contribution is 6.31. The number of hydrogen-bond acceptors (Lipinski definition) is 2. The first-order valence-electron chi connectivity index (χ1n) is 7.24. The minimum absolute atomic E-state index is 0.0957. The van der Waals surface area contributed by atoms with Crippen LogP contribution in [0.15, 0.2) is 42.5 Å². The number of hydrogen-bond donors (Lipinski definition) is 3. The molecule has 1 aromatic heterocycles. The second-order valence-corrected chi connectivity index (χ2v) is 5.71. The van der Waals surface area contributed by atoms with Gasteiger partial charge in [0.15, 0.2) is 11.6 Å². The standard InChI is InChI=1S/C17H12ClF2N3O2/c18-10-1-4-14-9(5-10)6-15(23-14)17(25)21-8-16(24)22-11-2-3-12(19)13(20)7-11/h1-7,23H,8H2,(H,21,25)(H,22,24). The van der Waals surface area contributed by atoms with Crippen molar-refractivity contribution in [3.8, 4) is 0 Å². The van der Waals surface area contributed by atoms with Crippen LogP contribution in [0.4, 0.5) is 14.5 Å². The minimum atomic E-state index is -1.07. The lowest BCUT2D eigenvalue weighted by Gasteiger charge is -2.06. The fourth-order valence-electron chi connectivity index (χ4n) is 2.26. The molecule has 3 rings (SSSR count). The highest BCUT2D eigenvalue weighted by atomic mass is 35.5. The molecule has 3 aromatic rings. The van der Waals surface area contributed by atoms with Crippen LogP contribution in [-0.4, -0.2) is 23.3 Å². The molecule has 0 unspecified atom stereocenters. The summed E-state index contributed by atoms with van der Waals surface area (Å²) in [5.74, 6) is -3.13. The van der Waals surface area contributed by atoms with Crippen LogP contribution in [0.3, 0.4) is 0 Å². The molecule has 0 aliphatic rings. The lowest BCUT2D eigenvalue weighted by molar-refractivity contribution is -0.115. The topological polar surface area (TPSA) is 74.0 Å². The van der Waals surface area contributed by atoms with Gasteiger partial charge in [-0.15, -0.1) is 0 Å². The summed E-state index contributed by atoms with van der Waals surface area (Å²) in [5, 5.41) is 6.11. The van der Waals surface area contributed by atoms with Crippen molar-refractivity contribution in [1.82, 2.24) is 10.3 Å². The molecule has 0 saturated heterocycles. The van der Waals surface area contributed by atoms with Crippen molar-refractivity contribution >= 4 is 40.0 Å². The van der Waals surface area contributed by atoms with E-state index in [2.05, 4.69) is 15.6 Å². The van der Waals surface area contributed by atoms with Gasteiger partial charge in [0.2, 0.25) is 5.91 Å². The van der Waals surface area contributed by atoms with Gasteiger partial charge in [-0.3, -0.25) is 9.59 Å². The second-order valence-electron chi connectivity index (χ2n) is 5.27. The number of rotatable bonds is 4. The van der Waals surface area contributed by atoms with Crippen LogP contribution < -0.4 is 10.6 Å². The van der Waals surface area contributed by atoms with E-state index in [-0.39, 0.29) is 17.9 Å². The average molecular weight is 364 g/mol. The molecule has 25 heavy (non-hydrogen) atoms. The molecule has 0 aliphatic carbocycles. The molecule has 1 heterocycles. The SMILES string of the molecule is O=C(CNC(=O)c1cc2cc(Cl)ccc2[nH]1)Nc1ccc(F)c(F)c1. The van der Waals surface area contributed by atoms with Crippen molar-refractivity contribution in [3.63, 3.8) is 0 Å². The molecule has 2 aromatic carbocycles. The molecule has 0 radical (unpaired) electrons. The van der Waals surface area contributed by atoms with Crippen molar-refractivity contribution in [2.24, 2.45) is 0 Å². The van der Waals surface area contributed by atoms with Crippen LogP contribution in [0.2, 0.25) is 5.02 Å². The Hall–Kier alpha value is -2.93. The Labute approximate surface area is 146 Å². The second kappa shape index (κ2) is 6.90. The quantitative estimate of drug-likeness (QED) is 0.664. The summed E-state index contributed by atoms with van der Waals surface area (Å²) in [6, 6.07) is 9.74. The van der Waals surface area contributed by atoms with Crippen LogP contribution in [0.25, 0.3) is 10.9 Å². The molecule has 3 N–H and O–H groups in total. The first-order chi connectivity index (χ1) is 11.9. The van der Waals surface area contributed by atoms with E-state index < -0.39 is 23.4 Å². The number of aromatic nitrogens is 1. The van der Waals surface area contributed by atoms with Gasteiger partial charge in [0.1, 0.15) is 5.69 Å². The van der Waals surface area contributed by atoms with Crippen molar-refractivity contribution in [1.29, 1.82) is 0 Å². The number of amides is 2. The summed E-state index contributed by atoms with van der Waals surface area (Å²) < 4.78 is 25.9. The molecule has 0 atom stereocenters. The fourth-order valence-corrected chi connectivity index (χ4v) is 2.44. The van der Waals surface area contributed by atoms with Crippen LogP contribution >= 0.6 is 11.6 Å². The van der Waals surface area contributed by atoms with Gasteiger partial charge in [0.05, 0.1) is 6.54 Å². The lowest BCUT2D eigenvalue weighted by Crippen LogP contribution is -2.33. The highest BCUT2D eigenvalue weighted by Gasteiger charge is 2.12. The molecule has 0 aliphatic heterocycles. The molecule has 0 bridgehead atoms. The summed E-state index contributed by atoms with van der Waals surface area (Å²) in [5.41, 5.74) is 1.11. The highest BCUT2D eigenvalue weighted by Crippen LogP contribution is 2.20. The number of benzene rings is 2. The van der Waals surface area contributed by atoms with Crippen molar-refractivity contribution in [3.05, 3.63) is 64.8 Å². The van der Waals surface area contributed by atoms with Crippen LogP contribution in [0, 0.1) is 11.6 Å². The Morgan fingerprint density at radius 1 is 1.04 bits per heavy atom. The third-order valence-electron chi connectivity index (χ3n) is 3.44. The summed E-state index contributed by atoms with van der Waals surface area (Å²) in [6.07, 6.45) is 0. The van der Waals surface area contributed by atoms with E-state index >= 15 is 0 Å². The zero-order chi connectivity index (χ0) is 18.0. The molecule has 128 valence electrons. The number of fused-ring (bicyclic) bond motifs is 1. The number of anilines is 1. The molecule has 0 spiro atoms. The summed E-state index contributed by atoms with van der Waals surface area (Å²) in [6.45, 7) is -0.325. The van der Waals surface area contributed by atoms with E-state index in [9.17, 15) is 18.4 Å². The van der Waals surface area contributed by atoms with E-state index in [0.717, 1.165) is 23.0 Å². The van der Waals surface area contributed by atoms with Gasteiger partial charge in [-0.1, -0.05) is 11.6 Å². The van der Waals surface area contributed by atoms with E-state index in [1.807, 2.05) is 0 Å². The Kier molecular flexibility index (Phi) is 4.67. The number of H-pyrrole nitrogens is 1. The Morgan fingerprint density at radius 2 is 1.84 bits per heavy atom. The van der Waals surface area contributed by atoms with E-state index in [0.29, 0.717) is 5.02 Å². The van der Waals surface area contributed by atoms with Gasteiger partial charge in [-0.05, 0) is 36.4 Å². The third kappa shape index (κ3) is 3.95. The zero-order valence-corrected chi connectivity index (χ0v) is 13.5. The Balaban J connectivity index is 1.60. The molecule has 0 fully saturated rings. The zero-order valence-electron chi connectivity index (χ0n) is 12.7. The summed E-state index contributed by atoms with van der Waals surface area (Å²) in [4.78, 5) is 26.8. The van der Waals surface area contributed by atoms with Gasteiger partial charge in [-0.2, -0.15) is 0 Å². The Morgan fingerprint density at radius 3 is 2.60 bits per heavy atom. The largest absolute Gasteiger partial charge is 0.351 e. The van der Waals surface area contributed by atoms with Crippen molar-refractivity contribution in [2.75, 3.05) is 11.9 Å².